The predicted molar refractivity (Wildman–Crippen MR) is 91.3 cm³/mol. The van der Waals surface area contributed by atoms with Gasteiger partial charge in [-0.15, -0.1) is 0 Å². The van der Waals surface area contributed by atoms with E-state index in [1.807, 2.05) is 6.07 Å². The van der Waals surface area contributed by atoms with Crippen LogP contribution in [0.3, 0.4) is 0 Å². The molecule has 1 aromatic rings. The van der Waals surface area contributed by atoms with E-state index in [9.17, 15) is 0 Å². The Hall–Kier alpha value is -1.59. The van der Waals surface area contributed by atoms with Crippen molar-refractivity contribution >= 4 is 5.96 Å². The second kappa shape index (κ2) is 8.31. The lowest BCUT2D eigenvalue weighted by molar-refractivity contribution is -0.0250. The molecule has 0 saturated carbocycles. The summed E-state index contributed by atoms with van der Waals surface area (Å²) in [6.45, 7) is 3.14. The van der Waals surface area contributed by atoms with Gasteiger partial charge in [0.1, 0.15) is 0 Å². The second-order valence-corrected chi connectivity index (χ2v) is 6.35. The molecule has 2 aliphatic heterocycles. The van der Waals surface area contributed by atoms with E-state index in [0.29, 0.717) is 18.4 Å². The van der Waals surface area contributed by atoms with Gasteiger partial charge in [0.05, 0.1) is 12.2 Å². The Morgan fingerprint density at radius 2 is 1.91 bits per heavy atom. The number of nitrogens with zero attached hydrogens (tertiary/aromatic N) is 1. The van der Waals surface area contributed by atoms with Crippen molar-refractivity contribution in [1.82, 2.24) is 5.32 Å². The van der Waals surface area contributed by atoms with Crippen molar-refractivity contribution < 1.29 is 9.47 Å². The van der Waals surface area contributed by atoms with Crippen LogP contribution in [0.1, 0.15) is 37.4 Å². The number of nitrogens with two attached hydrogens (primary N) is 1. The third kappa shape index (κ3) is 4.69. The molecule has 3 N–H and O–H groups in total. The van der Waals surface area contributed by atoms with Crippen LogP contribution in [0.15, 0.2) is 35.3 Å². The average Bonchev–Trinajstić information content (AvgIpc) is 3.13. The second-order valence-electron chi connectivity index (χ2n) is 6.35. The van der Waals surface area contributed by atoms with Crippen LogP contribution in [0, 0.1) is 5.92 Å². The normalized spacial score (nSPS) is 28.7. The van der Waals surface area contributed by atoms with E-state index >= 15 is 0 Å². The van der Waals surface area contributed by atoms with E-state index in [0.717, 1.165) is 45.4 Å². The number of ether oxygens (including phenoxy) is 2. The van der Waals surface area contributed by atoms with Crippen LogP contribution in [0.25, 0.3) is 0 Å². The van der Waals surface area contributed by atoms with Gasteiger partial charge in [-0.05, 0) is 31.2 Å². The van der Waals surface area contributed by atoms with Crippen molar-refractivity contribution in [2.45, 2.75) is 37.9 Å². The molecule has 5 heteroatoms. The molecular weight excluding hydrogens is 290 g/mol. The Morgan fingerprint density at radius 3 is 2.70 bits per heavy atom. The lowest BCUT2D eigenvalue weighted by Crippen LogP contribution is -2.38. The molecule has 126 valence electrons. The highest BCUT2D eigenvalue weighted by Gasteiger charge is 2.27. The van der Waals surface area contributed by atoms with Crippen LogP contribution in [0.4, 0.5) is 0 Å². The summed E-state index contributed by atoms with van der Waals surface area (Å²) < 4.78 is 11.6. The number of guanidine groups is 1. The maximum Gasteiger partial charge on any atom is 0.188 e. The largest absolute Gasteiger partial charge is 0.376 e. The summed E-state index contributed by atoms with van der Waals surface area (Å²) >= 11 is 0. The standard InChI is InChI=1S/C18H27N3O2/c19-18(21-13-16-9-5-10-22-16)20-12-15-8-4-11-23-17(15)14-6-2-1-3-7-14/h1-3,6-7,15-17H,4-5,8-13H2,(H3,19,20,21). The predicted octanol–water partition coefficient (Wildman–Crippen LogP) is 2.24. The van der Waals surface area contributed by atoms with E-state index in [-0.39, 0.29) is 12.2 Å². The fourth-order valence-corrected chi connectivity index (χ4v) is 3.34. The van der Waals surface area contributed by atoms with Gasteiger partial charge in [-0.25, -0.2) is 0 Å². The van der Waals surface area contributed by atoms with Gasteiger partial charge in [-0.3, -0.25) is 4.99 Å². The number of aliphatic imine (C=N–C) groups is 1. The Bertz CT molecular complexity index is 500. The van der Waals surface area contributed by atoms with Crippen molar-refractivity contribution in [1.29, 1.82) is 0 Å². The molecule has 0 aliphatic carbocycles. The highest BCUT2D eigenvalue weighted by molar-refractivity contribution is 5.77. The van der Waals surface area contributed by atoms with E-state index in [1.54, 1.807) is 0 Å². The number of benzene rings is 1. The summed E-state index contributed by atoms with van der Waals surface area (Å²) in [7, 11) is 0. The zero-order valence-corrected chi connectivity index (χ0v) is 13.6. The van der Waals surface area contributed by atoms with Gasteiger partial charge in [-0.1, -0.05) is 30.3 Å². The molecule has 0 radical (unpaired) electrons. The number of hydrogen-bond acceptors (Lipinski definition) is 3. The first-order valence-electron chi connectivity index (χ1n) is 8.65. The van der Waals surface area contributed by atoms with E-state index in [1.165, 1.54) is 5.56 Å². The first-order chi connectivity index (χ1) is 11.3. The van der Waals surface area contributed by atoms with Crippen LogP contribution in [-0.2, 0) is 9.47 Å². The van der Waals surface area contributed by atoms with Gasteiger partial charge in [0, 0.05) is 32.2 Å². The van der Waals surface area contributed by atoms with Crippen molar-refractivity contribution in [3.05, 3.63) is 35.9 Å². The van der Waals surface area contributed by atoms with Crippen LogP contribution in [0.5, 0.6) is 0 Å². The van der Waals surface area contributed by atoms with Gasteiger partial charge >= 0.3 is 0 Å². The quantitative estimate of drug-likeness (QED) is 0.645. The van der Waals surface area contributed by atoms with Crippen molar-refractivity contribution in [2.75, 3.05) is 26.3 Å². The number of hydrogen-bond donors (Lipinski definition) is 2. The van der Waals surface area contributed by atoms with Crippen molar-refractivity contribution in [2.24, 2.45) is 16.6 Å². The van der Waals surface area contributed by atoms with Crippen LogP contribution in [0.2, 0.25) is 0 Å². The first-order valence-corrected chi connectivity index (χ1v) is 8.65. The fraction of sp³-hybridized carbons (Fsp3) is 0.611. The highest BCUT2D eigenvalue weighted by Crippen LogP contribution is 2.33. The van der Waals surface area contributed by atoms with Crippen LogP contribution >= 0.6 is 0 Å². The molecule has 3 rings (SSSR count). The molecule has 0 amide bonds. The van der Waals surface area contributed by atoms with Gasteiger partial charge in [0.25, 0.3) is 0 Å². The highest BCUT2D eigenvalue weighted by atomic mass is 16.5. The number of nitrogens with one attached hydrogen (secondary N) is 1. The molecule has 2 saturated heterocycles. The summed E-state index contributed by atoms with van der Waals surface area (Å²) in [5, 5.41) is 3.18. The monoisotopic (exact) mass is 317 g/mol. The molecule has 5 nitrogen and oxygen atoms in total. The van der Waals surface area contributed by atoms with Gasteiger partial charge in [0.15, 0.2) is 5.96 Å². The summed E-state index contributed by atoms with van der Waals surface area (Å²) in [6.07, 6.45) is 4.86. The Kier molecular flexibility index (Phi) is 5.88. The summed E-state index contributed by atoms with van der Waals surface area (Å²) in [4.78, 5) is 4.53. The Balaban J connectivity index is 1.53. The van der Waals surface area contributed by atoms with Crippen LogP contribution < -0.4 is 11.1 Å². The van der Waals surface area contributed by atoms with E-state index in [2.05, 4.69) is 34.6 Å². The molecule has 2 heterocycles. The molecule has 0 spiro atoms. The Morgan fingerprint density at radius 1 is 1.13 bits per heavy atom. The molecular formula is C18H27N3O2. The molecule has 2 fully saturated rings. The lowest BCUT2D eigenvalue weighted by atomic mass is 9.89. The minimum atomic E-state index is 0.125. The molecule has 0 bridgehead atoms. The third-order valence-electron chi connectivity index (χ3n) is 4.60. The maximum absolute atomic E-state index is 6.00. The molecule has 3 unspecified atom stereocenters. The first kappa shape index (κ1) is 16.3. The molecule has 23 heavy (non-hydrogen) atoms. The van der Waals surface area contributed by atoms with Crippen molar-refractivity contribution in [3.8, 4) is 0 Å². The fourth-order valence-electron chi connectivity index (χ4n) is 3.34. The molecule has 0 aromatic heterocycles. The van der Waals surface area contributed by atoms with Crippen molar-refractivity contribution in [3.63, 3.8) is 0 Å². The smallest absolute Gasteiger partial charge is 0.188 e. The maximum atomic E-state index is 6.00. The summed E-state index contributed by atoms with van der Waals surface area (Å²) in [6, 6.07) is 10.4. The SMILES string of the molecule is NC(=NCC1CCCOC1c1ccccc1)NCC1CCCO1. The van der Waals surface area contributed by atoms with Gasteiger partial charge < -0.3 is 20.5 Å². The molecule has 2 aliphatic rings. The zero-order valence-electron chi connectivity index (χ0n) is 13.6. The summed E-state index contributed by atoms with van der Waals surface area (Å²) in [5.41, 5.74) is 7.23. The minimum absolute atomic E-state index is 0.125. The van der Waals surface area contributed by atoms with Crippen LogP contribution in [-0.4, -0.2) is 38.4 Å². The topological polar surface area (TPSA) is 68.9 Å². The minimum Gasteiger partial charge on any atom is -0.376 e. The molecule has 3 atom stereocenters. The average molecular weight is 317 g/mol. The third-order valence-corrected chi connectivity index (χ3v) is 4.60. The van der Waals surface area contributed by atoms with E-state index in [4.69, 9.17) is 15.2 Å². The van der Waals surface area contributed by atoms with Gasteiger partial charge in [-0.2, -0.15) is 0 Å². The van der Waals surface area contributed by atoms with Gasteiger partial charge in [0.2, 0.25) is 0 Å². The molecule has 1 aromatic carbocycles. The Labute approximate surface area is 138 Å². The number of rotatable bonds is 5. The summed E-state index contributed by atoms with van der Waals surface area (Å²) in [5.74, 6) is 0.895. The lowest BCUT2D eigenvalue weighted by Gasteiger charge is -2.31. The zero-order chi connectivity index (χ0) is 15.9. The van der Waals surface area contributed by atoms with E-state index < -0.39 is 0 Å².